The molecule has 1 amide bonds. The van der Waals surface area contributed by atoms with Gasteiger partial charge in [0.1, 0.15) is 0 Å². The van der Waals surface area contributed by atoms with Crippen LogP contribution in [0.2, 0.25) is 0 Å². The van der Waals surface area contributed by atoms with E-state index in [2.05, 4.69) is 20.5 Å². The molecule has 22 heavy (non-hydrogen) atoms. The van der Waals surface area contributed by atoms with Gasteiger partial charge in [-0.15, -0.1) is 5.10 Å². The minimum Gasteiger partial charge on any atom is -0.461 e. The molecule has 0 aliphatic carbocycles. The predicted octanol–water partition coefficient (Wildman–Crippen LogP) is 2.47. The molecule has 0 fully saturated rings. The molecular weight excluding hydrogens is 300 g/mol. The number of benzene rings is 1. The standard InChI is InChI=1S/C15H14N4O2S/c20-13(16-9-11-5-2-1-3-6-11)10-22-15-17-14(18-19-15)12-7-4-8-21-12/h1-8H,9-10H2,(H,16,20)(H,17,18,19). The van der Waals surface area contributed by atoms with Crippen molar-refractivity contribution in [2.24, 2.45) is 0 Å². The normalized spacial score (nSPS) is 10.5. The van der Waals surface area contributed by atoms with E-state index in [-0.39, 0.29) is 11.7 Å². The number of rotatable bonds is 6. The first-order valence-corrected chi connectivity index (χ1v) is 7.69. The highest BCUT2D eigenvalue weighted by molar-refractivity contribution is 7.99. The second kappa shape index (κ2) is 6.95. The Labute approximate surface area is 131 Å². The van der Waals surface area contributed by atoms with Crippen LogP contribution < -0.4 is 5.32 Å². The van der Waals surface area contributed by atoms with Crippen molar-refractivity contribution >= 4 is 17.7 Å². The van der Waals surface area contributed by atoms with Crippen LogP contribution in [0.4, 0.5) is 0 Å². The Morgan fingerprint density at radius 1 is 1.23 bits per heavy atom. The molecule has 0 aliphatic rings. The third kappa shape index (κ3) is 3.76. The molecule has 0 atom stereocenters. The third-order valence-electron chi connectivity index (χ3n) is 2.88. The molecule has 0 saturated carbocycles. The zero-order valence-electron chi connectivity index (χ0n) is 11.7. The Bertz CT molecular complexity index is 725. The maximum atomic E-state index is 11.8. The van der Waals surface area contributed by atoms with Crippen LogP contribution in [-0.4, -0.2) is 26.8 Å². The van der Waals surface area contributed by atoms with Gasteiger partial charge in [0.05, 0.1) is 12.0 Å². The molecule has 0 saturated heterocycles. The highest BCUT2D eigenvalue weighted by Crippen LogP contribution is 2.19. The highest BCUT2D eigenvalue weighted by Gasteiger charge is 2.10. The number of nitrogens with one attached hydrogen (secondary N) is 2. The summed E-state index contributed by atoms with van der Waals surface area (Å²) >= 11 is 1.27. The minimum absolute atomic E-state index is 0.0572. The van der Waals surface area contributed by atoms with Crippen LogP contribution in [0.3, 0.4) is 0 Å². The summed E-state index contributed by atoms with van der Waals surface area (Å²) in [5, 5.41) is 10.2. The van der Waals surface area contributed by atoms with Crippen molar-refractivity contribution in [2.75, 3.05) is 5.75 Å². The first-order valence-electron chi connectivity index (χ1n) is 6.71. The van der Waals surface area contributed by atoms with Gasteiger partial charge in [-0.1, -0.05) is 42.1 Å². The van der Waals surface area contributed by atoms with Crippen molar-refractivity contribution in [3.8, 4) is 11.6 Å². The van der Waals surface area contributed by atoms with Gasteiger partial charge in [-0.2, -0.15) is 4.98 Å². The molecule has 0 bridgehead atoms. The van der Waals surface area contributed by atoms with E-state index in [1.54, 1.807) is 18.4 Å². The lowest BCUT2D eigenvalue weighted by Crippen LogP contribution is -2.24. The summed E-state index contributed by atoms with van der Waals surface area (Å²) in [6, 6.07) is 13.3. The number of furan rings is 1. The molecule has 3 aromatic rings. The molecule has 7 heteroatoms. The van der Waals surface area contributed by atoms with E-state index in [1.807, 2.05) is 30.3 Å². The number of nitrogens with zero attached hydrogens (tertiary/aromatic N) is 2. The Morgan fingerprint density at radius 2 is 2.09 bits per heavy atom. The van der Waals surface area contributed by atoms with Crippen molar-refractivity contribution < 1.29 is 9.21 Å². The number of carbonyl (C=O) groups is 1. The first kappa shape index (κ1) is 14.4. The van der Waals surface area contributed by atoms with E-state index in [4.69, 9.17) is 4.42 Å². The second-order valence-electron chi connectivity index (χ2n) is 4.49. The smallest absolute Gasteiger partial charge is 0.230 e. The summed E-state index contributed by atoms with van der Waals surface area (Å²) in [7, 11) is 0. The molecule has 6 nitrogen and oxygen atoms in total. The zero-order chi connectivity index (χ0) is 15.2. The zero-order valence-corrected chi connectivity index (χ0v) is 12.5. The Balaban J connectivity index is 1.47. The Kier molecular flexibility index (Phi) is 4.55. The number of H-pyrrole nitrogens is 1. The molecule has 0 unspecified atom stereocenters. The summed E-state index contributed by atoms with van der Waals surface area (Å²) in [6.45, 7) is 0.520. The largest absolute Gasteiger partial charge is 0.461 e. The molecule has 0 aliphatic heterocycles. The van der Waals surface area contributed by atoms with Gasteiger partial charge in [-0.05, 0) is 17.7 Å². The van der Waals surface area contributed by atoms with Crippen molar-refractivity contribution in [2.45, 2.75) is 11.7 Å². The number of aromatic amines is 1. The van der Waals surface area contributed by atoms with E-state index >= 15 is 0 Å². The van der Waals surface area contributed by atoms with Crippen molar-refractivity contribution in [3.05, 3.63) is 54.3 Å². The predicted molar refractivity (Wildman–Crippen MR) is 83.1 cm³/mol. The van der Waals surface area contributed by atoms with Crippen molar-refractivity contribution in [3.63, 3.8) is 0 Å². The highest BCUT2D eigenvalue weighted by atomic mass is 32.2. The van der Waals surface area contributed by atoms with Crippen LogP contribution in [0.25, 0.3) is 11.6 Å². The van der Waals surface area contributed by atoms with Gasteiger partial charge in [0, 0.05) is 6.54 Å². The van der Waals surface area contributed by atoms with Gasteiger partial charge in [0.2, 0.25) is 11.1 Å². The topological polar surface area (TPSA) is 83.8 Å². The average molecular weight is 314 g/mol. The van der Waals surface area contributed by atoms with Gasteiger partial charge in [0.25, 0.3) is 0 Å². The molecule has 1 aromatic carbocycles. The van der Waals surface area contributed by atoms with Gasteiger partial charge in [0.15, 0.2) is 11.6 Å². The van der Waals surface area contributed by atoms with Crippen molar-refractivity contribution in [1.29, 1.82) is 0 Å². The fourth-order valence-corrected chi connectivity index (χ4v) is 2.44. The molecule has 2 heterocycles. The van der Waals surface area contributed by atoms with Gasteiger partial charge in [-0.3, -0.25) is 9.89 Å². The van der Waals surface area contributed by atoms with E-state index in [0.717, 1.165) is 5.56 Å². The number of thioether (sulfide) groups is 1. The third-order valence-corrected chi connectivity index (χ3v) is 3.73. The van der Waals surface area contributed by atoms with Gasteiger partial charge < -0.3 is 9.73 Å². The fourth-order valence-electron chi connectivity index (χ4n) is 1.81. The first-order chi connectivity index (χ1) is 10.8. The summed E-state index contributed by atoms with van der Waals surface area (Å²) in [4.78, 5) is 16.1. The number of aromatic nitrogens is 3. The lowest BCUT2D eigenvalue weighted by molar-refractivity contribution is -0.118. The Morgan fingerprint density at radius 3 is 2.86 bits per heavy atom. The van der Waals surface area contributed by atoms with Gasteiger partial charge >= 0.3 is 0 Å². The summed E-state index contributed by atoms with van der Waals surface area (Å²) in [5.74, 6) is 1.38. The molecule has 112 valence electrons. The molecule has 0 spiro atoms. The molecule has 2 aromatic heterocycles. The minimum atomic E-state index is -0.0572. The average Bonchev–Trinajstić information content (AvgIpc) is 3.22. The molecule has 0 radical (unpaired) electrons. The number of amides is 1. The fraction of sp³-hybridized carbons (Fsp3) is 0.133. The maximum Gasteiger partial charge on any atom is 0.230 e. The number of hydrogen-bond acceptors (Lipinski definition) is 5. The van der Waals surface area contributed by atoms with Crippen LogP contribution >= 0.6 is 11.8 Å². The van der Waals surface area contributed by atoms with E-state index in [9.17, 15) is 4.79 Å². The van der Waals surface area contributed by atoms with Crippen LogP contribution in [0.5, 0.6) is 0 Å². The van der Waals surface area contributed by atoms with Crippen LogP contribution in [-0.2, 0) is 11.3 Å². The lowest BCUT2D eigenvalue weighted by Gasteiger charge is -2.03. The van der Waals surface area contributed by atoms with E-state index in [1.165, 1.54) is 11.8 Å². The SMILES string of the molecule is O=C(CSc1n[nH]c(-c2ccco2)n1)NCc1ccccc1. The Hall–Kier alpha value is -2.54. The van der Waals surface area contributed by atoms with Gasteiger partial charge in [-0.25, -0.2) is 0 Å². The lowest BCUT2D eigenvalue weighted by atomic mass is 10.2. The number of hydrogen-bond donors (Lipinski definition) is 2. The summed E-state index contributed by atoms with van der Waals surface area (Å²) in [5.41, 5.74) is 1.07. The van der Waals surface area contributed by atoms with E-state index < -0.39 is 0 Å². The van der Waals surface area contributed by atoms with Crippen LogP contribution in [0.1, 0.15) is 5.56 Å². The summed E-state index contributed by atoms with van der Waals surface area (Å²) < 4.78 is 5.22. The monoisotopic (exact) mass is 314 g/mol. The number of carbonyl (C=O) groups excluding carboxylic acids is 1. The van der Waals surface area contributed by atoms with Crippen molar-refractivity contribution in [1.82, 2.24) is 20.5 Å². The quantitative estimate of drug-likeness (QED) is 0.683. The van der Waals surface area contributed by atoms with E-state index in [0.29, 0.717) is 23.3 Å². The van der Waals surface area contributed by atoms with Crippen LogP contribution in [0.15, 0.2) is 58.3 Å². The maximum absolute atomic E-state index is 11.8. The second-order valence-corrected chi connectivity index (χ2v) is 5.44. The molecule has 3 rings (SSSR count). The molecular formula is C15H14N4O2S. The van der Waals surface area contributed by atoms with Crippen LogP contribution in [0, 0.1) is 0 Å². The molecule has 2 N–H and O–H groups in total. The summed E-state index contributed by atoms with van der Waals surface area (Å²) in [6.07, 6.45) is 1.57.